The van der Waals surface area contributed by atoms with E-state index in [1.54, 1.807) is 11.6 Å². The Morgan fingerprint density at radius 3 is 2.82 bits per heavy atom. The van der Waals surface area contributed by atoms with Crippen LogP contribution in [0.15, 0.2) is 23.7 Å². The fourth-order valence-corrected chi connectivity index (χ4v) is 2.61. The first kappa shape index (κ1) is 12.6. The molecule has 1 atom stereocenters. The first-order valence-corrected chi connectivity index (χ1v) is 6.82. The van der Waals surface area contributed by atoms with E-state index in [0.717, 1.165) is 17.1 Å². The second-order valence-corrected chi connectivity index (χ2v) is 5.19. The van der Waals surface area contributed by atoms with Gasteiger partial charge in [-0.05, 0) is 24.1 Å². The third-order valence-electron chi connectivity index (χ3n) is 2.40. The zero-order valence-corrected chi connectivity index (χ0v) is 11.5. The molecule has 17 heavy (non-hydrogen) atoms. The molecule has 0 spiro atoms. The molecule has 1 N–H and O–H groups in total. The maximum absolute atomic E-state index is 6.19. The molecule has 1 heterocycles. The summed E-state index contributed by atoms with van der Waals surface area (Å²) in [5, 5.41) is 13.2. The van der Waals surface area contributed by atoms with Gasteiger partial charge in [0.2, 0.25) is 5.13 Å². The molecule has 0 saturated heterocycles. The van der Waals surface area contributed by atoms with Gasteiger partial charge in [-0.25, -0.2) is 0 Å². The van der Waals surface area contributed by atoms with Crippen LogP contribution in [0, 0.1) is 0 Å². The average Bonchev–Trinajstić information content (AvgIpc) is 2.79. The smallest absolute Gasteiger partial charge is 0.205 e. The molecule has 0 saturated carbocycles. The summed E-state index contributed by atoms with van der Waals surface area (Å²) in [6, 6.07) is 5.65. The van der Waals surface area contributed by atoms with Crippen molar-refractivity contribution in [3.8, 4) is 0 Å². The first-order valence-electron chi connectivity index (χ1n) is 5.18. The van der Waals surface area contributed by atoms with Crippen molar-refractivity contribution in [2.24, 2.45) is 0 Å². The quantitative estimate of drug-likeness (QED) is 0.905. The van der Waals surface area contributed by atoms with Crippen molar-refractivity contribution in [3.63, 3.8) is 0 Å². The topological polar surface area (TPSA) is 37.8 Å². The van der Waals surface area contributed by atoms with Crippen molar-refractivity contribution in [1.82, 2.24) is 10.2 Å². The minimum atomic E-state index is 0.118. The molecule has 0 aliphatic rings. The Balaban J connectivity index is 2.23. The van der Waals surface area contributed by atoms with Gasteiger partial charge in [-0.2, -0.15) is 0 Å². The van der Waals surface area contributed by atoms with Crippen LogP contribution in [0.25, 0.3) is 0 Å². The lowest BCUT2D eigenvalue weighted by Crippen LogP contribution is -2.10. The van der Waals surface area contributed by atoms with Crippen molar-refractivity contribution >= 4 is 39.7 Å². The van der Waals surface area contributed by atoms with Gasteiger partial charge in [0.25, 0.3) is 0 Å². The van der Waals surface area contributed by atoms with Gasteiger partial charge in [-0.15, -0.1) is 10.2 Å². The number of nitrogens with zero attached hydrogens (tertiary/aromatic N) is 2. The SMILES string of the molecule is CCC(Nc1nncs1)c1ccc(Cl)cc1Cl. The molecule has 1 unspecified atom stereocenters. The van der Waals surface area contributed by atoms with Crippen molar-refractivity contribution in [3.05, 3.63) is 39.3 Å². The molecule has 0 amide bonds. The highest BCUT2D eigenvalue weighted by atomic mass is 35.5. The number of halogens is 2. The molecule has 0 bridgehead atoms. The Morgan fingerprint density at radius 1 is 1.41 bits per heavy atom. The normalized spacial score (nSPS) is 12.4. The highest BCUT2D eigenvalue weighted by molar-refractivity contribution is 7.13. The molecular formula is C11H11Cl2N3S. The number of rotatable bonds is 4. The predicted molar refractivity (Wildman–Crippen MR) is 73.0 cm³/mol. The molecule has 1 aromatic carbocycles. The third-order valence-corrected chi connectivity index (χ3v) is 3.59. The van der Waals surface area contributed by atoms with Crippen LogP contribution in [0.1, 0.15) is 24.9 Å². The largest absolute Gasteiger partial charge is 0.353 e. The van der Waals surface area contributed by atoms with Gasteiger partial charge in [0.15, 0.2) is 0 Å². The molecule has 90 valence electrons. The van der Waals surface area contributed by atoms with E-state index in [-0.39, 0.29) is 6.04 Å². The lowest BCUT2D eigenvalue weighted by molar-refractivity contribution is 0.746. The fraction of sp³-hybridized carbons (Fsp3) is 0.273. The molecule has 3 nitrogen and oxygen atoms in total. The van der Waals surface area contributed by atoms with E-state index in [1.807, 2.05) is 12.1 Å². The van der Waals surface area contributed by atoms with Crippen molar-refractivity contribution in [1.29, 1.82) is 0 Å². The van der Waals surface area contributed by atoms with E-state index >= 15 is 0 Å². The van der Waals surface area contributed by atoms with Gasteiger partial charge in [0, 0.05) is 10.0 Å². The highest BCUT2D eigenvalue weighted by Crippen LogP contribution is 2.30. The van der Waals surface area contributed by atoms with Crippen LogP contribution in [0.4, 0.5) is 5.13 Å². The second-order valence-electron chi connectivity index (χ2n) is 3.51. The first-order chi connectivity index (χ1) is 8.20. The van der Waals surface area contributed by atoms with Gasteiger partial charge in [0.05, 0.1) is 6.04 Å². The summed E-state index contributed by atoms with van der Waals surface area (Å²) in [6.07, 6.45) is 0.904. The van der Waals surface area contributed by atoms with E-state index in [9.17, 15) is 0 Å². The van der Waals surface area contributed by atoms with E-state index in [2.05, 4.69) is 22.4 Å². The summed E-state index contributed by atoms with van der Waals surface area (Å²) in [4.78, 5) is 0. The zero-order valence-electron chi connectivity index (χ0n) is 9.15. The molecule has 6 heteroatoms. The van der Waals surface area contributed by atoms with E-state index in [0.29, 0.717) is 10.0 Å². The Labute approximate surface area is 114 Å². The van der Waals surface area contributed by atoms with Gasteiger partial charge >= 0.3 is 0 Å². The summed E-state index contributed by atoms with van der Waals surface area (Å²) in [7, 11) is 0. The minimum Gasteiger partial charge on any atom is -0.353 e. The van der Waals surface area contributed by atoms with Crippen LogP contribution < -0.4 is 5.32 Å². The molecule has 1 aromatic heterocycles. The van der Waals surface area contributed by atoms with Crippen molar-refractivity contribution in [2.45, 2.75) is 19.4 Å². The monoisotopic (exact) mass is 287 g/mol. The van der Waals surface area contributed by atoms with Crippen LogP contribution in [0.2, 0.25) is 10.0 Å². The van der Waals surface area contributed by atoms with Crippen LogP contribution in [-0.4, -0.2) is 10.2 Å². The molecule has 0 aliphatic carbocycles. The number of nitrogens with one attached hydrogen (secondary N) is 1. The lowest BCUT2D eigenvalue weighted by atomic mass is 10.0. The van der Waals surface area contributed by atoms with E-state index in [4.69, 9.17) is 23.2 Å². The summed E-state index contributed by atoms with van der Waals surface area (Å²) in [6.45, 7) is 2.09. The Hall–Kier alpha value is -0.840. The van der Waals surface area contributed by atoms with Crippen LogP contribution in [0.5, 0.6) is 0 Å². The van der Waals surface area contributed by atoms with E-state index in [1.165, 1.54) is 11.3 Å². The summed E-state index contributed by atoms with van der Waals surface area (Å²) in [5.74, 6) is 0. The Kier molecular flexibility index (Phi) is 4.20. The predicted octanol–water partition coefficient (Wildman–Crippen LogP) is 4.41. The lowest BCUT2D eigenvalue weighted by Gasteiger charge is -2.17. The minimum absolute atomic E-state index is 0.118. The number of aromatic nitrogens is 2. The number of hydrogen-bond acceptors (Lipinski definition) is 4. The maximum atomic E-state index is 6.19. The van der Waals surface area contributed by atoms with E-state index < -0.39 is 0 Å². The van der Waals surface area contributed by atoms with Gasteiger partial charge in [-0.3, -0.25) is 0 Å². The number of hydrogen-bond donors (Lipinski definition) is 1. The van der Waals surface area contributed by atoms with Crippen LogP contribution in [0.3, 0.4) is 0 Å². The third kappa shape index (κ3) is 3.09. The number of benzene rings is 1. The van der Waals surface area contributed by atoms with Gasteiger partial charge in [-0.1, -0.05) is 47.5 Å². The summed E-state index contributed by atoms with van der Waals surface area (Å²) in [5.41, 5.74) is 2.71. The summed E-state index contributed by atoms with van der Waals surface area (Å²) < 4.78 is 0. The average molecular weight is 288 g/mol. The molecule has 2 aromatic rings. The maximum Gasteiger partial charge on any atom is 0.205 e. The molecule has 0 aliphatic heterocycles. The molecule has 0 fully saturated rings. The van der Waals surface area contributed by atoms with Crippen LogP contribution in [-0.2, 0) is 0 Å². The van der Waals surface area contributed by atoms with Gasteiger partial charge in [0.1, 0.15) is 5.51 Å². The molecule has 2 rings (SSSR count). The highest BCUT2D eigenvalue weighted by Gasteiger charge is 2.14. The van der Waals surface area contributed by atoms with Crippen molar-refractivity contribution in [2.75, 3.05) is 5.32 Å². The fourth-order valence-electron chi connectivity index (χ4n) is 1.57. The Bertz CT molecular complexity index is 487. The Morgan fingerprint density at radius 2 is 2.24 bits per heavy atom. The zero-order chi connectivity index (χ0) is 12.3. The summed E-state index contributed by atoms with van der Waals surface area (Å²) >= 11 is 13.5. The van der Waals surface area contributed by atoms with Gasteiger partial charge < -0.3 is 5.32 Å². The standard InChI is InChI=1S/C11H11Cl2N3S/c1-2-10(15-11-16-14-6-17-11)8-4-3-7(12)5-9(8)13/h3-6,10H,2H2,1H3,(H,15,16). The second kappa shape index (κ2) is 5.67. The van der Waals surface area contributed by atoms with Crippen molar-refractivity contribution < 1.29 is 0 Å². The molecule has 0 radical (unpaired) electrons. The number of anilines is 1. The van der Waals surface area contributed by atoms with Crippen LogP contribution >= 0.6 is 34.5 Å². The molecular weight excluding hydrogens is 277 g/mol.